The van der Waals surface area contributed by atoms with Crippen LogP contribution in [-0.2, 0) is 11.8 Å². The van der Waals surface area contributed by atoms with E-state index in [0.29, 0.717) is 16.7 Å². The molecular weight excluding hydrogens is 327 g/mol. The molecule has 0 aliphatic carbocycles. The molecule has 6 heteroatoms. The van der Waals surface area contributed by atoms with Crippen LogP contribution in [-0.4, -0.2) is 22.2 Å². The van der Waals surface area contributed by atoms with Gasteiger partial charge in [-0.15, -0.1) is 23.2 Å². The molecule has 0 saturated heterocycles. The monoisotopic (exact) mass is 338 g/mol. The number of hydrogen-bond donors (Lipinski definition) is 2. The number of aromatic carboxylic acids is 2. The SMILES string of the molecule is O=C(O)c1c(-c2ccccc2)cc(CCl)c(CCl)c1C(=O)O. The fourth-order valence-corrected chi connectivity index (χ4v) is 2.90. The molecule has 0 amide bonds. The maximum Gasteiger partial charge on any atom is 0.337 e. The Labute approximate surface area is 136 Å². The molecule has 4 nitrogen and oxygen atoms in total. The van der Waals surface area contributed by atoms with Gasteiger partial charge < -0.3 is 10.2 Å². The fourth-order valence-electron chi connectivity index (χ4n) is 2.36. The zero-order valence-electron chi connectivity index (χ0n) is 11.3. The summed E-state index contributed by atoms with van der Waals surface area (Å²) in [7, 11) is 0. The van der Waals surface area contributed by atoms with E-state index in [-0.39, 0.29) is 28.5 Å². The van der Waals surface area contributed by atoms with Gasteiger partial charge in [-0.1, -0.05) is 30.3 Å². The van der Waals surface area contributed by atoms with Gasteiger partial charge in [0.1, 0.15) is 0 Å². The Kier molecular flexibility index (Phi) is 5.06. The minimum atomic E-state index is -1.34. The second kappa shape index (κ2) is 6.81. The van der Waals surface area contributed by atoms with Crippen LogP contribution < -0.4 is 0 Å². The van der Waals surface area contributed by atoms with E-state index in [9.17, 15) is 19.8 Å². The minimum Gasteiger partial charge on any atom is -0.478 e. The summed E-state index contributed by atoms with van der Waals surface area (Å²) in [6, 6.07) is 10.3. The molecule has 2 aromatic rings. The van der Waals surface area contributed by atoms with Crippen molar-refractivity contribution in [3.05, 3.63) is 58.7 Å². The number of alkyl halides is 2. The van der Waals surface area contributed by atoms with Crippen molar-refractivity contribution in [1.29, 1.82) is 0 Å². The summed E-state index contributed by atoms with van der Waals surface area (Å²) in [5, 5.41) is 19.0. The molecule has 0 unspecified atom stereocenters. The van der Waals surface area contributed by atoms with E-state index in [2.05, 4.69) is 0 Å². The summed E-state index contributed by atoms with van der Waals surface area (Å²) in [4.78, 5) is 23.2. The lowest BCUT2D eigenvalue weighted by Gasteiger charge is -2.16. The van der Waals surface area contributed by atoms with Crippen LogP contribution in [0.15, 0.2) is 36.4 Å². The second-order valence-electron chi connectivity index (χ2n) is 4.56. The first-order valence-corrected chi connectivity index (χ1v) is 7.40. The number of benzene rings is 2. The number of halogens is 2. The van der Waals surface area contributed by atoms with Gasteiger partial charge >= 0.3 is 11.9 Å². The molecule has 0 radical (unpaired) electrons. The molecule has 0 aromatic heterocycles. The average molecular weight is 339 g/mol. The van der Waals surface area contributed by atoms with E-state index >= 15 is 0 Å². The maximum atomic E-state index is 11.6. The predicted octanol–water partition coefficient (Wildman–Crippen LogP) is 4.23. The summed E-state index contributed by atoms with van der Waals surface area (Å²) < 4.78 is 0. The zero-order chi connectivity index (χ0) is 16.3. The Morgan fingerprint density at radius 2 is 1.50 bits per heavy atom. The molecule has 0 saturated carbocycles. The van der Waals surface area contributed by atoms with Crippen LogP contribution >= 0.6 is 23.2 Å². The van der Waals surface area contributed by atoms with Gasteiger partial charge in [0.15, 0.2) is 0 Å². The van der Waals surface area contributed by atoms with E-state index in [1.54, 1.807) is 36.4 Å². The lowest BCUT2D eigenvalue weighted by Crippen LogP contribution is -2.14. The number of carboxylic acids is 2. The van der Waals surface area contributed by atoms with Gasteiger partial charge in [-0.3, -0.25) is 0 Å². The number of carbonyl (C=O) groups is 2. The standard InChI is InChI=1S/C16H12Cl2O4/c17-7-10-6-11(9-4-2-1-3-5-9)13(15(19)20)14(16(21)22)12(10)8-18/h1-6H,7-8H2,(H,19,20)(H,21,22). The largest absolute Gasteiger partial charge is 0.478 e. The molecule has 2 N–H and O–H groups in total. The third kappa shape index (κ3) is 2.93. The van der Waals surface area contributed by atoms with Crippen molar-refractivity contribution >= 4 is 35.1 Å². The molecule has 0 aliphatic heterocycles. The van der Waals surface area contributed by atoms with Crippen molar-refractivity contribution in [3.8, 4) is 11.1 Å². The summed E-state index contributed by atoms with van der Waals surface area (Å²) in [5.74, 6) is -2.73. The van der Waals surface area contributed by atoms with Crippen LogP contribution in [0.25, 0.3) is 11.1 Å². The Balaban J connectivity index is 2.92. The molecular formula is C16H12Cl2O4. The van der Waals surface area contributed by atoms with Crippen molar-refractivity contribution in [2.45, 2.75) is 11.8 Å². The molecule has 0 atom stereocenters. The third-order valence-electron chi connectivity index (χ3n) is 3.32. The maximum absolute atomic E-state index is 11.6. The van der Waals surface area contributed by atoms with Crippen LogP contribution in [0, 0.1) is 0 Å². The first kappa shape index (κ1) is 16.3. The van der Waals surface area contributed by atoms with Crippen LogP contribution in [0.1, 0.15) is 31.8 Å². The molecule has 0 bridgehead atoms. The first-order chi connectivity index (χ1) is 10.5. The molecule has 0 fully saturated rings. The smallest absolute Gasteiger partial charge is 0.337 e. The quantitative estimate of drug-likeness (QED) is 0.800. The summed E-state index contributed by atoms with van der Waals surface area (Å²) in [6.45, 7) is 0. The van der Waals surface area contributed by atoms with Gasteiger partial charge in [-0.2, -0.15) is 0 Å². The van der Waals surface area contributed by atoms with Gasteiger partial charge in [0.05, 0.1) is 11.1 Å². The number of rotatable bonds is 5. The first-order valence-electron chi connectivity index (χ1n) is 6.34. The molecule has 22 heavy (non-hydrogen) atoms. The zero-order valence-corrected chi connectivity index (χ0v) is 12.9. The highest BCUT2D eigenvalue weighted by atomic mass is 35.5. The summed E-state index contributed by atoms with van der Waals surface area (Å²) in [5.41, 5.74) is 1.09. The van der Waals surface area contributed by atoms with Crippen molar-refractivity contribution in [2.75, 3.05) is 0 Å². The van der Waals surface area contributed by atoms with Gasteiger partial charge in [0.25, 0.3) is 0 Å². The Morgan fingerprint density at radius 1 is 0.909 bits per heavy atom. The minimum absolute atomic E-state index is 0.0437. The Hall–Kier alpha value is -2.04. The van der Waals surface area contributed by atoms with E-state index in [4.69, 9.17) is 23.2 Å². The highest BCUT2D eigenvalue weighted by Crippen LogP contribution is 2.33. The van der Waals surface area contributed by atoms with Gasteiger partial charge in [0.2, 0.25) is 0 Å². The van der Waals surface area contributed by atoms with E-state index in [1.165, 1.54) is 0 Å². The number of hydrogen-bond acceptors (Lipinski definition) is 2. The van der Waals surface area contributed by atoms with E-state index in [1.807, 2.05) is 0 Å². The van der Waals surface area contributed by atoms with Gasteiger partial charge in [-0.05, 0) is 28.3 Å². The molecule has 0 heterocycles. The van der Waals surface area contributed by atoms with Crippen molar-refractivity contribution in [3.63, 3.8) is 0 Å². The normalized spacial score (nSPS) is 10.5. The highest BCUT2D eigenvalue weighted by Gasteiger charge is 2.26. The lowest BCUT2D eigenvalue weighted by molar-refractivity contribution is 0.0651. The van der Waals surface area contributed by atoms with Crippen molar-refractivity contribution in [2.24, 2.45) is 0 Å². The predicted molar refractivity (Wildman–Crippen MR) is 84.9 cm³/mol. The molecule has 0 spiro atoms. The van der Waals surface area contributed by atoms with E-state index in [0.717, 1.165) is 0 Å². The second-order valence-corrected chi connectivity index (χ2v) is 5.09. The number of carboxylic acid groups (broad SMARTS) is 2. The van der Waals surface area contributed by atoms with Crippen LogP contribution in [0.4, 0.5) is 0 Å². The topological polar surface area (TPSA) is 74.6 Å². The van der Waals surface area contributed by atoms with Crippen LogP contribution in [0.3, 0.4) is 0 Å². The summed E-state index contributed by atoms with van der Waals surface area (Å²) >= 11 is 11.7. The summed E-state index contributed by atoms with van der Waals surface area (Å²) in [6.07, 6.45) is 0. The third-order valence-corrected chi connectivity index (χ3v) is 3.87. The Bertz CT molecular complexity index is 727. The van der Waals surface area contributed by atoms with Crippen LogP contribution in [0.2, 0.25) is 0 Å². The molecule has 2 aromatic carbocycles. The Morgan fingerprint density at radius 3 is 1.95 bits per heavy atom. The van der Waals surface area contributed by atoms with Gasteiger partial charge in [-0.25, -0.2) is 9.59 Å². The fraction of sp³-hybridized carbons (Fsp3) is 0.125. The van der Waals surface area contributed by atoms with Crippen molar-refractivity contribution in [1.82, 2.24) is 0 Å². The molecule has 2 rings (SSSR count). The van der Waals surface area contributed by atoms with E-state index < -0.39 is 11.9 Å². The van der Waals surface area contributed by atoms with Crippen molar-refractivity contribution < 1.29 is 19.8 Å². The molecule has 114 valence electrons. The van der Waals surface area contributed by atoms with Crippen LogP contribution in [0.5, 0.6) is 0 Å². The lowest BCUT2D eigenvalue weighted by atomic mass is 9.89. The van der Waals surface area contributed by atoms with Gasteiger partial charge in [0, 0.05) is 11.8 Å². The highest BCUT2D eigenvalue weighted by molar-refractivity contribution is 6.20. The molecule has 0 aliphatic rings. The average Bonchev–Trinajstić information content (AvgIpc) is 2.53.